The van der Waals surface area contributed by atoms with Gasteiger partial charge in [-0.2, -0.15) is 0 Å². The van der Waals surface area contributed by atoms with Gasteiger partial charge >= 0.3 is 16.7 Å². The first-order valence-corrected chi connectivity index (χ1v) is 2.92. The highest BCUT2D eigenvalue weighted by Crippen LogP contribution is 1.86. The Morgan fingerprint density at radius 2 is 2.43 bits per heavy atom. The van der Waals surface area contributed by atoms with Gasteiger partial charge in [0.05, 0.1) is 6.42 Å². The van der Waals surface area contributed by atoms with Crippen LogP contribution in [0.4, 0.5) is 0 Å². The Morgan fingerprint density at radius 1 is 1.86 bits per heavy atom. The van der Waals surface area contributed by atoms with E-state index in [9.17, 15) is 4.21 Å². The number of rotatable bonds is 2. The Kier molecular flexibility index (Phi) is 3.69. The largest absolute Gasteiger partial charge is 0.521 e. The van der Waals surface area contributed by atoms with Gasteiger partial charge in [-0.25, -0.2) is 5.41 Å². The number of hydrogen-bond acceptors (Lipinski definition) is 2. The van der Waals surface area contributed by atoms with E-state index in [2.05, 4.69) is 0 Å². The minimum atomic E-state index is 0.238. The zero-order valence-electron chi connectivity index (χ0n) is 4.23. The first-order valence-electron chi connectivity index (χ1n) is 2.18. The third-order valence-electron chi connectivity index (χ3n) is 0.578. The van der Waals surface area contributed by atoms with Crippen LogP contribution in [0.1, 0.15) is 19.8 Å². The van der Waals surface area contributed by atoms with Gasteiger partial charge in [-0.3, -0.25) is 0 Å². The summed E-state index contributed by atoms with van der Waals surface area (Å²) < 4.78 is 9.71. The molecule has 0 aliphatic rings. The first-order chi connectivity index (χ1) is 3.31. The molecule has 40 valence electrons. The molecule has 0 saturated carbocycles. The fourth-order valence-electron chi connectivity index (χ4n) is 0.269. The second kappa shape index (κ2) is 3.87. The predicted octanol–water partition coefficient (Wildman–Crippen LogP) is 1.19. The van der Waals surface area contributed by atoms with Crippen LogP contribution in [0.3, 0.4) is 0 Å². The molecule has 0 saturated heterocycles. The first kappa shape index (κ1) is 6.69. The van der Waals surface area contributed by atoms with E-state index >= 15 is 0 Å². The molecular weight excluding hydrogens is 110 g/mol. The lowest BCUT2D eigenvalue weighted by Crippen LogP contribution is -1.88. The molecular formula is C4H8NOS+. The van der Waals surface area contributed by atoms with Crippen molar-refractivity contribution in [3.8, 4) is 0 Å². The SMILES string of the molecule is CCCC(=N)[S+]=O. The van der Waals surface area contributed by atoms with Crippen LogP contribution in [0.25, 0.3) is 0 Å². The minimum Gasteiger partial charge on any atom is -0.248 e. The highest BCUT2D eigenvalue weighted by atomic mass is 32.1. The van der Waals surface area contributed by atoms with E-state index in [1.807, 2.05) is 6.92 Å². The van der Waals surface area contributed by atoms with Crippen LogP contribution >= 0.6 is 0 Å². The fraction of sp³-hybridized carbons (Fsp3) is 0.750. The molecule has 0 bridgehead atoms. The molecule has 0 unspecified atom stereocenters. The molecule has 0 aliphatic heterocycles. The van der Waals surface area contributed by atoms with E-state index < -0.39 is 0 Å². The maximum Gasteiger partial charge on any atom is 0.521 e. The zero-order valence-corrected chi connectivity index (χ0v) is 5.05. The topological polar surface area (TPSA) is 40.9 Å². The Hall–Kier alpha value is -0.310. The summed E-state index contributed by atoms with van der Waals surface area (Å²) in [6.07, 6.45) is 1.53. The van der Waals surface area contributed by atoms with E-state index in [4.69, 9.17) is 5.41 Å². The maximum absolute atomic E-state index is 9.71. The molecule has 0 aromatic carbocycles. The number of nitrogens with one attached hydrogen (secondary N) is 1. The molecule has 0 atom stereocenters. The van der Waals surface area contributed by atoms with Crippen LogP contribution < -0.4 is 0 Å². The van der Waals surface area contributed by atoms with E-state index in [0.29, 0.717) is 6.42 Å². The molecule has 3 heteroatoms. The molecule has 0 radical (unpaired) electrons. The lowest BCUT2D eigenvalue weighted by Gasteiger charge is -1.71. The summed E-state index contributed by atoms with van der Waals surface area (Å²) >= 11 is 0.283. The van der Waals surface area contributed by atoms with Crippen molar-refractivity contribution in [2.75, 3.05) is 0 Å². The highest BCUT2D eigenvalue weighted by molar-refractivity contribution is 7.83. The molecule has 0 rings (SSSR count). The standard InChI is InChI=1S/C4H8NOS/c1-2-3-4(5)7-6/h5H,2-3H2,1H3/q+1. The Bertz CT molecular complexity index is 81.8. The average Bonchev–Trinajstić information content (AvgIpc) is 1.68. The van der Waals surface area contributed by atoms with Crippen LogP contribution in [-0.2, 0) is 15.9 Å². The fourth-order valence-corrected chi connectivity index (χ4v) is 0.556. The molecule has 0 aliphatic carbocycles. The van der Waals surface area contributed by atoms with Crippen LogP contribution in [-0.4, -0.2) is 5.04 Å². The predicted molar refractivity (Wildman–Crippen MR) is 30.7 cm³/mol. The normalized spacial score (nSPS) is 8.14. The molecule has 7 heavy (non-hydrogen) atoms. The van der Waals surface area contributed by atoms with Crippen molar-refractivity contribution in [3.63, 3.8) is 0 Å². The molecule has 2 nitrogen and oxygen atoms in total. The Morgan fingerprint density at radius 3 is 2.57 bits per heavy atom. The summed E-state index contributed by atoms with van der Waals surface area (Å²) in [6.45, 7) is 1.95. The Labute approximate surface area is 46.9 Å². The molecule has 1 N–H and O–H groups in total. The van der Waals surface area contributed by atoms with E-state index in [0.717, 1.165) is 6.42 Å². The van der Waals surface area contributed by atoms with Crippen molar-refractivity contribution < 1.29 is 4.21 Å². The van der Waals surface area contributed by atoms with Crippen molar-refractivity contribution in [1.82, 2.24) is 0 Å². The summed E-state index contributed by atoms with van der Waals surface area (Å²) in [5, 5.41) is 7.03. The third kappa shape index (κ3) is 3.52. The molecule has 0 spiro atoms. The average molecular weight is 118 g/mol. The second-order valence-electron chi connectivity index (χ2n) is 1.26. The van der Waals surface area contributed by atoms with Crippen molar-refractivity contribution >= 4 is 16.7 Å². The van der Waals surface area contributed by atoms with Gasteiger partial charge in [0.15, 0.2) is 0 Å². The minimum absolute atomic E-state index is 0.238. The maximum atomic E-state index is 9.71. The number of hydrogen-bond donors (Lipinski definition) is 1. The molecule has 0 aromatic heterocycles. The van der Waals surface area contributed by atoms with Crippen molar-refractivity contribution in [1.29, 1.82) is 5.41 Å². The molecule has 0 aromatic rings. The van der Waals surface area contributed by atoms with Crippen LogP contribution in [0.2, 0.25) is 0 Å². The lowest BCUT2D eigenvalue weighted by atomic mass is 10.4. The summed E-state index contributed by atoms with van der Waals surface area (Å²) in [7, 11) is 0. The molecule has 0 amide bonds. The quantitative estimate of drug-likeness (QED) is 0.330. The zero-order chi connectivity index (χ0) is 5.70. The van der Waals surface area contributed by atoms with Gasteiger partial charge in [-0.1, -0.05) is 6.92 Å². The van der Waals surface area contributed by atoms with Gasteiger partial charge < -0.3 is 0 Å². The van der Waals surface area contributed by atoms with Gasteiger partial charge in [0.25, 0.3) is 0 Å². The lowest BCUT2D eigenvalue weighted by molar-refractivity contribution is 0.609. The summed E-state index contributed by atoms with van der Waals surface area (Å²) in [4.78, 5) is 0. The van der Waals surface area contributed by atoms with Gasteiger partial charge in [-0.15, -0.1) is 0 Å². The van der Waals surface area contributed by atoms with E-state index in [1.54, 1.807) is 0 Å². The van der Waals surface area contributed by atoms with Crippen LogP contribution in [0.15, 0.2) is 0 Å². The van der Waals surface area contributed by atoms with Crippen LogP contribution in [0.5, 0.6) is 0 Å². The van der Waals surface area contributed by atoms with Crippen molar-refractivity contribution in [3.05, 3.63) is 0 Å². The summed E-state index contributed by atoms with van der Waals surface area (Å²) in [6, 6.07) is 0. The van der Waals surface area contributed by atoms with Crippen molar-refractivity contribution in [2.45, 2.75) is 19.8 Å². The summed E-state index contributed by atoms with van der Waals surface area (Å²) in [5.41, 5.74) is 0. The van der Waals surface area contributed by atoms with Crippen LogP contribution in [0, 0.1) is 5.41 Å². The molecule has 0 fully saturated rings. The van der Waals surface area contributed by atoms with Crippen molar-refractivity contribution in [2.24, 2.45) is 0 Å². The second-order valence-corrected chi connectivity index (χ2v) is 1.92. The van der Waals surface area contributed by atoms with E-state index in [1.165, 1.54) is 0 Å². The third-order valence-corrected chi connectivity index (χ3v) is 0.983. The van der Waals surface area contributed by atoms with Gasteiger partial charge in [0, 0.05) is 4.21 Å². The van der Waals surface area contributed by atoms with E-state index in [-0.39, 0.29) is 16.7 Å². The summed E-state index contributed by atoms with van der Waals surface area (Å²) in [5.74, 6) is 0. The smallest absolute Gasteiger partial charge is 0.248 e. The van der Waals surface area contributed by atoms with Gasteiger partial charge in [0.1, 0.15) is 0 Å². The highest BCUT2D eigenvalue weighted by Gasteiger charge is 2.06. The van der Waals surface area contributed by atoms with Gasteiger partial charge in [-0.05, 0) is 6.42 Å². The van der Waals surface area contributed by atoms with Gasteiger partial charge in [0.2, 0.25) is 0 Å². The molecule has 0 heterocycles. The monoisotopic (exact) mass is 118 g/mol. The Balaban J connectivity index is 3.17.